The van der Waals surface area contributed by atoms with E-state index in [1.807, 2.05) is 25.5 Å². The van der Waals surface area contributed by atoms with Gasteiger partial charge in [0, 0.05) is 18.3 Å². The van der Waals surface area contributed by atoms with Crippen LogP contribution in [0.1, 0.15) is 41.6 Å². The van der Waals surface area contributed by atoms with Crippen molar-refractivity contribution in [3.63, 3.8) is 0 Å². The highest BCUT2D eigenvalue weighted by Crippen LogP contribution is 2.10. The highest BCUT2D eigenvalue weighted by atomic mass is 19.1. The lowest BCUT2D eigenvalue weighted by atomic mass is 10.1. The Hall–Kier alpha value is -2.17. The molecule has 0 aliphatic carbocycles. The van der Waals surface area contributed by atoms with E-state index in [0.29, 0.717) is 24.2 Å². The van der Waals surface area contributed by atoms with Gasteiger partial charge in [-0.25, -0.2) is 4.39 Å². The van der Waals surface area contributed by atoms with Crippen LogP contribution in [-0.4, -0.2) is 22.2 Å². The van der Waals surface area contributed by atoms with Gasteiger partial charge in [0.05, 0.1) is 0 Å². The van der Waals surface area contributed by atoms with Gasteiger partial charge in [-0.2, -0.15) is 5.10 Å². The summed E-state index contributed by atoms with van der Waals surface area (Å²) in [5.41, 5.74) is 1.95. The maximum atomic E-state index is 13.5. The minimum Gasteiger partial charge on any atom is -0.350 e. The van der Waals surface area contributed by atoms with Crippen LogP contribution in [0.2, 0.25) is 0 Å². The highest BCUT2D eigenvalue weighted by Gasteiger charge is 2.13. The number of nitrogens with zero attached hydrogens (tertiary/aromatic N) is 2. The van der Waals surface area contributed by atoms with Crippen molar-refractivity contribution in [2.24, 2.45) is 0 Å². The molecule has 0 saturated carbocycles. The fourth-order valence-corrected chi connectivity index (χ4v) is 2.22. The molecule has 4 nitrogen and oxygen atoms in total. The van der Waals surface area contributed by atoms with Gasteiger partial charge in [0.2, 0.25) is 0 Å². The Morgan fingerprint density at radius 3 is 2.71 bits per heavy atom. The van der Waals surface area contributed by atoms with Gasteiger partial charge >= 0.3 is 0 Å². The molecule has 0 aliphatic heterocycles. The predicted octanol–water partition coefficient (Wildman–Crippen LogP) is 2.88. The van der Waals surface area contributed by atoms with Crippen LogP contribution in [-0.2, 0) is 6.42 Å². The first-order valence-corrected chi connectivity index (χ1v) is 7.07. The van der Waals surface area contributed by atoms with E-state index in [2.05, 4.69) is 10.4 Å². The summed E-state index contributed by atoms with van der Waals surface area (Å²) >= 11 is 0. The van der Waals surface area contributed by atoms with E-state index in [0.717, 1.165) is 5.69 Å². The maximum absolute atomic E-state index is 13.5. The van der Waals surface area contributed by atoms with Gasteiger partial charge in [0.15, 0.2) is 0 Å². The molecule has 1 amide bonds. The van der Waals surface area contributed by atoms with Gasteiger partial charge in [0.25, 0.3) is 5.91 Å². The Bertz CT molecular complexity index is 634. The molecule has 0 saturated heterocycles. The fraction of sp³-hybridized carbons (Fsp3) is 0.375. The van der Waals surface area contributed by atoms with Crippen LogP contribution < -0.4 is 5.32 Å². The van der Waals surface area contributed by atoms with Crippen LogP contribution in [0, 0.1) is 12.7 Å². The normalized spacial score (nSPS) is 10.9. The number of hydrogen-bond acceptors (Lipinski definition) is 2. The molecule has 1 aromatic carbocycles. The number of carbonyl (C=O) groups is 1. The smallest absolute Gasteiger partial charge is 0.271 e. The molecule has 0 aliphatic rings. The minimum atomic E-state index is -0.244. The van der Waals surface area contributed by atoms with Crippen LogP contribution in [0.15, 0.2) is 30.3 Å². The number of benzene rings is 1. The first kappa shape index (κ1) is 15.2. The van der Waals surface area contributed by atoms with Crippen molar-refractivity contribution in [3.05, 3.63) is 53.1 Å². The van der Waals surface area contributed by atoms with Gasteiger partial charge < -0.3 is 5.32 Å². The van der Waals surface area contributed by atoms with E-state index < -0.39 is 0 Å². The summed E-state index contributed by atoms with van der Waals surface area (Å²) in [6, 6.07) is 8.56. The number of rotatable bonds is 5. The van der Waals surface area contributed by atoms with Crippen molar-refractivity contribution in [1.29, 1.82) is 0 Å². The van der Waals surface area contributed by atoms with Crippen LogP contribution in [0.25, 0.3) is 0 Å². The summed E-state index contributed by atoms with van der Waals surface area (Å²) in [6.07, 6.45) is 0.461. The molecular formula is C16H20FN3O. The van der Waals surface area contributed by atoms with Crippen molar-refractivity contribution >= 4 is 5.91 Å². The van der Waals surface area contributed by atoms with Crippen molar-refractivity contribution in [2.45, 2.75) is 33.2 Å². The SMILES string of the molecule is Cc1cc(C(=O)NCCc2ccccc2F)nn1C(C)C. The van der Waals surface area contributed by atoms with Crippen molar-refractivity contribution in [3.8, 4) is 0 Å². The number of hydrogen-bond donors (Lipinski definition) is 1. The molecule has 112 valence electrons. The minimum absolute atomic E-state index is 0.213. The summed E-state index contributed by atoms with van der Waals surface area (Å²) in [5.74, 6) is -0.472. The average molecular weight is 289 g/mol. The quantitative estimate of drug-likeness (QED) is 0.920. The molecule has 1 aromatic heterocycles. The second kappa shape index (κ2) is 6.52. The maximum Gasteiger partial charge on any atom is 0.271 e. The zero-order chi connectivity index (χ0) is 15.4. The topological polar surface area (TPSA) is 46.9 Å². The Morgan fingerprint density at radius 2 is 2.10 bits per heavy atom. The van der Waals surface area contributed by atoms with Gasteiger partial charge in [-0.15, -0.1) is 0 Å². The molecule has 0 atom stereocenters. The Balaban J connectivity index is 1.93. The molecule has 2 aromatic rings. The molecule has 0 unspecified atom stereocenters. The Morgan fingerprint density at radius 1 is 1.38 bits per heavy atom. The summed E-state index contributed by atoms with van der Waals surface area (Å²) in [7, 11) is 0. The molecule has 0 bridgehead atoms. The molecule has 0 spiro atoms. The van der Waals surface area contributed by atoms with Crippen molar-refractivity contribution < 1.29 is 9.18 Å². The summed E-state index contributed by atoms with van der Waals surface area (Å²) in [5, 5.41) is 7.06. The monoisotopic (exact) mass is 289 g/mol. The lowest BCUT2D eigenvalue weighted by Crippen LogP contribution is -2.26. The van der Waals surface area contributed by atoms with E-state index in [1.54, 1.807) is 24.3 Å². The van der Waals surface area contributed by atoms with Crippen LogP contribution in [0.5, 0.6) is 0 Å². The first-order chi connectivity index (χ1) is 9.99. The van der Waals surface area contributed by atoms with Crippen LogP contribution in [0.4, 0.5) is 4.39 Å². The Labute approximate surface area is 124 Å². The third-order valence-corrected chi connectivity index (χ3v) is 3.28. The van der Waals surface area contributed by atoms with Crippen molar-refractivity contribution in [2.75, 3.05) is 6.54 Å². The number of carbonyl (C=O) groups excluding carboxylic acids is 1. The van der Waals surface area contributed by atoms with E-state index in [-0.39, 0.29) is 17.8 Å². The highest BCUT2D eigenvalue weighted by molar-refractivity contribution is 5.92. The van der Waals surface area contributed by atoms with E-state index in [1.165, 1.54) is 6.07 Å². The lowest BCUT2D eigenvalue weighted by Gasteiger charge is -2.07. The number of nitrogens with one attached hydrogen (secondary N) is 1. The van der Waals surface area contributed by atoms with E-state index in [4.69, 9.17) is 0 Å². The predicted molar refractivity (Wildman–Crippen MR) is 79.8 cm³/mol. The zero-order valence-electron chi connectivity index (χ0n) is 12.6. The van der Waals surface area contributed by atoms with Gasteiger partial charge in [-0.3, -0.25) is 9.48 Å². The lowest BCUT2D eigenvalue weighted by molar-refractivity contribution is 0.0948. The average Bonchev–Trinajstić information content (AvgIpc) is 2.83. The molecule has 0 fully saturated rings. The second-order valence-corrected chi connectivity index (χ2v) is 5.31. The fourth-order valence-electron chi connectivity index (χ4n) is 2.22. The number of amides is 1. The molecule has 1 heterocycles. The van der Waals surface area contributed by atoms with E-state index >= 15 is 0 Å². The van der Waals surface area contributed by atoms with Gasteiger partial charge in [-0.05, 0) is 44.9 Å². The number of aromatic nitrogens is 2. The zero-order valence-corrected chi connectivity index (χ0v) is 12.6. The molecule has 1 N–H and O–H groups in total. The summed E-state index contributed by atoms with van der Waals surface area (Å²) in [6.45, 7) is 6.33. The third-order valence-electron chi connectivity index (χ3n) is 3.28. The second-order valence-electron chi connectivity index (χ2n) is 5.31. The first-order valence-electron chi connectivity index (χ1n) is 7.07. The number of halogens is 1. The Kier molecular flexibility index (Phi) is 4.73. The molecular weight excluding hydrogens is 269 g/mol. The largest absolute Gasteiger partial charge is 0.350 e. The summed E-state index contributed by atoms with van der Waals surface area (Å²) in [4.78, 5) is 12.0. The molecule has 0 radical (unpaired) electrons. The standard InChI is InChI=1S/C16H20FN3O/c1-11(2)20-12(3)10-15(19-20)16(21)18-9-8-13-6-4-5-7-14(13)17/h4-7,10-11H,8-9H2,1-3H3,(H,18,21). The molecule has 2 rings (SSSR count). The molecule has 5 heteroatoms. The van der Waals surface area contributed by atoms with E-state index in [9.17, 15) is 9.18 Å². The van der Waals surface area contributed by atoms with Crippen LogP contribution >= 0.6 is 0 Å². The third kappa shape index (κ3) is 3.68. The van der Waals surface area contributed by atoms with Gasteiger partial charge in [0.1, 0.15) is 11.5 Å². The molecule has 21 heavy (non-hydrogen) atoms. The van der Waals surface area contributed by atoms with Gasteiger partial charge in [-0.1, -0.05) is 18.2 Å². The number of aryl methyl sites for hydroxylation is 1. The van der Waals surface area contributed by atoms with Crippen LogP contribution in [0.3, 0.4) is 0 Å². The van der Waals surface area contributed by atoms with Crippen molar-refractivity contribution in [1.82, 2.24) is 15.1 Å². The summed E-state index contributed by atoms with van der Waals surface area (Å²) < 4.78 is 15.3.